The molecule has 7 nitrogen and oxygen atoms in total. The van der Waals surface area contributed by atoms with Gasteiger partial charge in [-0.25, -0.2) is 0 Å². The van der Waals surface area contributed by atoms with Crippen LogP contribution >= 0.6 is 0 Å². The molecule has 0 N–H and O–H groups in total. The van der Waals surface area contributed by atoms with Crippen molar-refractivity contribution in [3.63, 3.8) is 0 Å². The number of carbonyl (C=O) groups excluding carboxylic acids is 1. The highest BCUT2D eigenvalue weighted by molar-refractivity contribution is 5.65. The fraction of sp³-hybridized carbons (Fsp3) is 0.650. The van der Waals surface area contributed by atoms with E-state index in [9.17, 15) is 4.79 Å². The molecule has 4 rings (SSSR count). The van der Waals surface area contributed by atoms with E-state index in [1.165, 1.54) is 6.92 Å². The van der Waals surface area contributed by atoms with Crippen LogP contribution in [0.5, 0.6) is 0 Å². The SMILES string of the molecule is CC(=O)OC[C@H]1OC2OC3(C(C)(C)C)O[C@H]1[C@H](OCc1ccccc1)[C@H]2O3. The van der Waals surface area contributed by atoms with Gasteiger partial charge in [-0.15, -0.1) is 0 Å². The summed E-state index contributed by atoms with van der Waals surface area (Å²) in [5.41, 5.74) is 0.625. The third-order valence-corrected chi connectivity index (χ3v) is 5.10. The molecule has 0 amide bonds. The maximum Gasteiger partial charge on any atom is 0.302 e. The van der Waals surface area contributed by atoms with Gasteiger partial charge in [-0.05, 0) is 5.56 Å². The van der Waals surface area contributed by atoms with Gasteiger partial charge in [-0.2, -0.15) is 0 Å². The largest absolute Gasteiger partial charge is 0.463 e. The minimum Gasteiger partial charge on any atom is -0.463 e. The lowest BCUT2D eigenvalue weighted by molar-refractivity contribution is -0.430. The lowest BCUT2D eigenvalue weighted by Crippen LogP contribution is -2.64. The molecule has 0 aliphatic carbocycles. The molecular weight excluding hydrogens is 352 g/mol. The zero-order chi connectivity index (χ0) is 19.2. The molecule has 0 spiro atoms. The zero-order valence-electron chi connectivity index (χ0n) is 16.0. The molecule has 0 aromatic heterocycles. The summed E-state index contributed by atoms with van der Waals surface area (Å²) >= 11 is 0. The van der Waals surface area contributed by atoms with Crippen LogP contribution in [0, 0.1) is 5.41 Å². The molecule has 27 heavy (non-hydrogen) atoms. The summed E-state index contributed by atoms with van der Waals surface area (Å²) in [7, 11) is 0. The molecule has 7 heteroatoms. The van der Waals surface area contributed by atoms with Gasteiger partial charge in [-0.3, -0.25) is 9.53 Å². The third-order valence-electron chi connectivity index (χ3n) is 5.10. The number of hydrogen-bond acceptors (Lipinski definition) is 7. The molecule has 6 atom stereocenters. The first-order valence-electron chi connectivity index (χ1n) is 9.27. The Morgan fingerprint density at radius 3 is 2.48 bits per heavy atom. The van der Waals surface area contributed by atoms with Crippen LogP contribution in [0.3, 0.4) is 0 Å². The fourth-order valence-electron chi connectivity index (χ4n) is 3.66. The number of benzene rings is 1. The molecule has 1 aromatic rings. The van der Waals surface area contributed by atoms with Gasteiger partial charge in [-0.1, -0.05) is 51.1 Å². The summed E-state index contributed by atoms with van der Waals surface area (Å²) in [6, 6.07) is 9.90. The van der Waals surface area contributed by atoms with Crippen molar-refractivity contribution >= 4 is 5.97 Å². The van der Waals surface area contributed by atoms with Crippen molar-refractivity contribution in [2.45, 2.75) is 71.0 Å². The first-order valence-corrected chi connectivity index (χ1v) is 9.27. The second kappa shape index (κ2) is 6.83. The Bertz CT molecular complexity index is 685. The lowest BCUT2D eigenvalue weighted by Gasteiger charge is -2.48. The predicted molar refractivity (Wildman–Crippen MR) is 93.3 cm³/mol. The van der Waals surface area contributed by atoms with Gasteiger partial charge in [0, 0.05) is 12.3 Å². The van der Waals surface area contributed by atoms with Crippen molar-refractivity contribution < 1.29 is 33.2 Å². The summed E-state index contributed by atoms with van der Waals surface area (Å²) in [6.45, 7) is 7.83. The summed E-state index contributed by atoms with van der Waals surface area (Å²) in [6.07, 6.45) is -2.37. The molecule has 3 aliphatic rings. The molecule has 0 radical (unpaired) electrons. The summed E-state index contributed by atoms with van der Waals surface area (Å²) in [5.74, 6) is -1.57. The van der Waals surface area contributed by atoms with Crippen LogP contribution in [-0.4, -0.2) is 49.3 Å². The average Bonchev–Trinajstić information content (AvgIpc) is 2.83. The zero-order valence-corrected chi connectivity index (χ0v) is 16.0. The minimum absolute atomic E-state index is 0.0813. The monoisotopic (exact) mass is 378 g/mol. The highest BCUT2D eigenvalue weighted by Gasteiger charge is 2.69. The molecule has 1 aromatic carbocycles. The topological polar surface area (TPSA) is 72.5 Å². The van der Waals surface area contributed by atoms with Crippen LogP contribution in [0.2, 0.25) is 0 Å². The second-order valence-corrected chi connectivity index (χ2v) is 8.20. The highest BCUT2D eigenvalue weighted by Crippen LogP contribution is 2.53. The van der Waals surface area contributed by atoms with Crippen LogP contribution in [-0.2, 0) is 39.8 Å². The van der Waals surface area contributed by atoms with E-state index >= 15 is 0 Å². The van der Waals surface area contributed by atoms with Crippen LogP contribution in [0.4, 0.5) is 0 Å². The minimum atomic E-state index is -1.20. The highest BCUT2D eigenvalue weighted by atomic mass is 17.0. The van der Waals surface area contributed by atoms with Gasteiger partial charge in [0.05, 0.1) is 6.61 Å². The molecule has 3 aliphatic heterocycles. The third kappa shape index (κ3) is 3.39. The molecule has 0 saturated carbocycles. The van der Waals surface area contributed by atoms with Crippen LogP contribution in [0.15, 0.2) is 30.3 Å². The number of esters is 1. The summed E-state index contributed by atoms with van der Waals surface area (Å²) < 4.78 is 35.8. The smallest absolute Gasteiger partial charge is 0.302 e. The van der Waals surface area contributed by atoms with Gasteiger partial charge in [0.1, 0.15) is 31.0 Å². The Morgan fingerprint density at radius 1 is 1.11 bits per heavy atom. The number of rotatable bonds is 5. The molecular formula is C20H26O7. The van der Waals surface area contributed by atoms with E-state index in [0.29, 0.717) is 6.61 Å². The molecule has 3 fully saturated rings. The normalized spacial score (nSPS) is 37.4. The van der Waals surface area contributed by atoms with Crippen molar-refractivity contribution in [3.8, 4) is 0 Å². The summed E-state index contributed by atoms with van der Waals surface area (Å²) in [5, 5.41) is 0. The number of ether oxygens (including phenoxy) is 6. The number of fused-ring (bicyclic) bond motifs is 2. The summed E-state index contributed by atoms with van der Waals surface area (Å²) in [4.78, 5) is 11.3. The van der Waals surface area contributed by atoms with E-state index < -0.39 is 36.0 Å². The van der Waals surface area contributed by atoms with E-state index in [4.69, 9.17) is 28.4 Å². The maximum atomic E-state index is 11.3. The molecule has 3 heterocycles. The van der Waals surface area contributed by atoms with E-state index in [1.54, 1.807) is 0 Å². The lowest BCUT2D eigenvalue weighted by atomic mass is 9.91. The van der Waals surface area contributed by atoms with Gasteiger partial charge < -0.3 is 23.7 Å². The fourth-order valence-corrected chi connectivity index (χ4v) is 3.66. The number of carbonyl (C=O) groups is 1. The average molecular weight is 378 g/mol. The van der Waals surface area contributed by atoms with Crippen molar-refractivity contribution in [2.75, 3.05) is 6.61 Å². The van der Waals surface area contributed by atoms with Gasteiger partial charge >= 0.3 is 5.97 Å². The van der Waals surface area contributed by atoms with Crippen molar-refractivity contribution in [2.24, 2.45) is 5.41 Å². The van der Waals surface area contributed by atoms with E-state index in [-0.39, 0.29) is 18.7 Å². The Labute approximate surface area is 158 Å². The Morgan fingerprint density at radius 2 is 1.81 bits per heavy atom. The first kappa shape index (κ1) is 18.8. The van der Waals surface area contributed by atoms with Crippen LogP contribution < -0.4 is 0 Å². The molecule has 3 saturated heterocycles. The molecule has 2 unspecified atom stereocenters. The maximum absolute atomic E-state index is 11.3. The number of hydrogen-bond donors (Lipinski definition) is 0. The van der Waals surface area contributed by atoms with Crippen LogP contribution in [0.1, 0.15) is 33.3 Å². The second-order valence-electron chi connectivity index (χ2n) is 8.20. The first-order chi connectivity index (χ1) is 12.8. The Kier molecular flexibility index (Phi) is 4.76. The van der Waals surface area contributed by atoms with E-state index in [0.717, 1.165) is 5.56 Å². The van der Waals surface area contributed by atoms with Crippen molar-refractivity contribution in [3.05, 3.63) is 35.9 Å². The Hall–Kier alpha value is -1.51. The predicted octanol–water partition coefficient (Wildman–Crippen LogP) is 2.37. The van der Waals surface area contributed by atoms with Crippen molar-refractivity contribution in [1.29, 1.82) is 0 Å². The van der Waals surface area contributed by atoms with Crippen molar-refractivity contribution in [1.82, 2.24) is 0 Å². The van der Waals surface area contributed by atoms with E-state index in [2.05, 4.69) is 0 Å². The standard InChI is InChI=1S/C20H26O7/c1-12(21)22-11-14-15-16(23-10-13-8-6-5-7-9-13)17-18(24-14)27-20(25-15,26-17)19(2,3)4/h5-9,14-18H,10-11H2,1-4H3/t14-,15-,16+,17-,18?,20?/m1/s1. The quantitative estimate of drug-likeness (QED) is 0.729. The van der Waals surface area contributed by atoms with Gasteiger partial charge in [0.25, 0.3) is 5.97 Å². The molecule has 3 bridgehead atoms. The Balaban J connectivity index is 1.56. The molecule has 148 valence electrons. The van der Waals surface area contributed by atoms with Gasteiger partial charge in [0.2, 0.25) is 0 Å². The van der Waals surface area contributed by atoms with Gasteiger partial charge in [0.15, 0.2) is 6.29 Å². The van der Waals surface area contributed by atoms with E-state index in [1.807, 2.05) is 51.1 Å². The van der Waals surface area contributed by atoms with Crippen LogP contribution in [0.25, 0.3) is 0 Å².